The molecule has 0 aromatic carbocycles. The maximum atomic E-state index is 10.7. The minimum absolute atomic E-state index is 0.441. The molecule has 0 radical (unpaired) electrons. The van der Waals surface area contributed by atoms with Crippen molar-refractivity contribution in [3.63, 3.8) is 0 Å². The van der Waals surface area contributed by atoms with E-state index in [1.165, 1.54) is 37.7 Å². The highest BCUT2D eigenvalue weighted by Gasteiger charge is 2.36. The van der Waals surface area contributed by atoms with Gasteiger partial charge < -0.3 is 5.11 Å². The van der Waals surface area contributed by atoms with E-state index in [-0.39, 0.29) is 0 Å². The van der Waals surface area contributed by atoms with Crippen molar-refractivity contribution in [3.05, 3.63) is 18.0 Å². The van der Waals surface area contributed by atoms with Crippen LogP contribution in [0.3, 0.4) is 0 Å². The second-order valence-corrected chi connectivity index (χ2v) is 6.36. The van der Waals surface area contributed by atoms with E-state index in [1.54, 1.807) is 0 Å². The fourth-order valence-corrected chi connectivity index (χ4v) is 3.75. The Morgan fingerprint density at radius 3 is 2.79 bits per heavy atom. The van der Waals surface area contributed by atoms with Gasteiger partial charge in [-0.25, -0.2) is 0 Å². The first-order valence-electron chi connectivity index (χ1n) is 7.61. The van der Waals surface area contributed by atoms with Crippen LogP contribution >= 0.6 is 0 Å². The monoisotopic (exact) mass is 263 g/mol. The van der Waals surface area contributed by atoms with Gasteiger partial charge in [0.25, 0.3) is 0 Å². The third-order valence-electron chi connectivity index (χ3n) is 4.75. The van der Waals surface area contributed by atoms with Crippen LogP contribution in [0.4, 0.5) is 0 Å². The lowest BCUT2D eigenvalue weighted by Gasteiger charge is -2.37. The molecule has 1 aromatic rings. The summed E-state index contributed by atoms with van der Waals surface area (Å²) in [7, 11) is 1.97. The molecular weight excluding hydrogens is 238 g/mol. The zero-order valence-electron chi connectivity index (χ0n) is 11.9. The van der Waals surface area contributed by atoms with E-state index in [2.05, 4.69) is 16.2 Å². The Hall–Kier alpha value is -0.870. The van der Waals surface area contributed by atoms with E-state index in [1.807, 2.05) is 17.9 Å². The van der Waals surface area contributed by atoms with E-state index in [4.69, 9.17) is 0 Å². The number of aromatic nitrogens is 2. The second kappa shape index (κ2) is 5.25. The number of β-amino-alcohol motifs (C(OH)–C–C–N with tert-alkyl or cyclic N) is 1. The van der Waals surface area contributed by atoms with E-state index < -0.39 is 5.60 Å². The first-order chi connectivity index (χ1) is 9.16. The average Bonchev–Trinajstić information content (AvgIpc) is 2.98. The van der Waals surface area contributed by atoms with Gasteiger partial charge in [-0.1, -0.05) is 19.3 Å². The first kappa shape index (κ1) is 13.1. The van der Waals surface area contributed by atoms with Crippen LogP contribution in [0.15, 0.2) is 12.4 Å². The maximum Gasteiger partial charge on any atom is 0.0774 e. The van der Waals surface area contributed by atoms with Crippen LogP contribution in [-0.4, -0.2) is 38.5 Å². The van der Waals surface area contributed by atoms with Crippen molar-refractivity contribution in [1.29, 1.82) is 0 Å². The molecule has 0 bridgehead atoms. The second-order valence-electron chi connectivity index (χ2n) is 6.36. The number of hydrogen-bond acceptors (Lipinski definition) is 3. The van der Waals surface area contributed by atoms with Crippen molar-refractivity contribution in [1.82, 2.24) is 14.7 Å². The van der Waals surface area contributed by atoms with Crippen molar-refractivity contribution < 1.29 is 5.11 Å². The van der Waals surface area contributed by atoms with E-state index in [0.717, 1.165) is 25.9 Å². The quantitative estimate of drug-likeness (QED) is 0.909. The summed E-state index contributed by atoms with van der Waals surface area (Å²) in [5.41, 5.74) is 0.864. The van der Waals surface area contributed by atoms with Gasteiger partial charge in [0.2, 0.25) is 0 Å². The van der Waals surface area contributed by atoms with Gasteiger partial charge in [-0.2, -0.15) is 5.10 Å². The zero-order valence-corrected chi connectivity index (χ0v) is 11.9. The van der Waals surface area contributed by atoms with Crippen LogP contribution in [0.1, 0.15) is 56.6 Å². The molecule has 2 aliphatic rings. The fraction of sp³-hybridized carbons (Fsp3) is 0.800. The van der Waals surface area contributed by atoms with Crippen LogP contribution in [0.5, 0.6) is 0 Å². The molecule has 1 saturated heterocycles. The van der Waals surface area contributed by atoms with Crippen LogP contribution < -0.4 is 0 Å². The molecule has 2 fully saturated rings. The summed E-state index contributed by atoms with van der Waals surface area (Å²) in [4.78, 5) is 2.47. The highest BCUT2D eigenvalue weighted by molar-refractivity contribution is 5.12. The van der Waals surface area contributed by atoms with Crippen LogP contribution in [0.25, 0.3) is 0 Å². The number of hydrogen-bond donors (Lipinski definition) is 1. The molecule has 1 aliphatic carbocycles. The molecule has 0 amide bonds. The molecule has 0 unspecified atom stereocenters. The summed E-state index contributed by atoms with van der Waals surface area (Å²) < 4.78 is 1.88. The molecule has 1 aromatic heterocycles. The third kappa shape index (κ3) is 2.84. The number of aryl methyl sites for hydroxylation is 1. The molecule has 19 heavy (non-hydrogen) atoms. The van der Waals surface area contributed by atoms with Gasteiger partial charge in [-0.3, -0.25) is 9.58 Å². The van der Waals surface area contributed by atoms with E-state index >= 15 is 0 Å². The third-order valence-corrected chi connectivity index (χ3v) is 4.75. The molecule has 1 atom stereocenters. The molecule has 3 rings (SSSR count). The smallest absolute Gasteiger partial charge is 0.0774 e. The lowest BCUT2D eigenvalue weighted by Crippen LogP contribution is -2.44. The normalized spacial score (nSPS) is 27.8. The molecule has 0 spiro atoms. The largest absolute Gasteiger partial charge is 0.389 e. The zero-order chi connectivity index (χ0) is 13.3. The van der Waals surface area contributed by atoms with E-state index in [0.29, 0.717) is 6.04 Å². The molecule has 106 valence electrons. The van der Waals surface area contributed by atoms with Crippen molar-refractivity contribution in [2.45, 2.75) is 56.6 Å². The van der Waals surface area contributed by atoms with Gasteiger partial charge in [0.1, 0.15) is 0 Å². The standard InChI is InChI=1S/C15H25N3O/c1-17-11-13(10-16-17)14-6-5-9-18(14)12-15(19)7-3-2-4-8-15/h10-11,14,19H,2-9,12H2,1H3/t14-/m1/s1. The summed E-state index contributed by atoms with van der Waals surface area (Å²) in [5.74, 6) is 0. The lowest BCUT2D eigenvalue weighted by molar-refractivity contribution is -0.0292. The van der Waals surface area contributed by atoms with Crippen molar-refractivity contribution in [2.24, 2.45) is 7.05 Å². The maximum absolute atomic E-state index is 10.7. The summed E-state index contributed by atoms with van der Waals surface area (Å²) >= 11 is 0. The van der Waals surface area contributed by atoms with Crippen LogP contribution in [0, 0.1) is 0 Å². The van der Waals surface area contributed by atoms with Gasteiger partial charge in [0.05, 0.1) is 11.8 Å². The van der Waals surface area contributed by atoms with Crippen LogP contribution in [0.2, 0.25) is 0 Å². The Kier molecular flexibility index (Phi) is 3.63. The van der Waals surface area contributed by atoms with Crippen LogP contribution in [-0.2, 0) is 7.05 Å². The SMILES string of the molecule is Cn1cc([C@H]2CCCN2CC2(O)CCCCC2)cn1. The Morgan fingerprint density at radius 2 is 2.11 bits per heavy atom. The predicted molar refractivity (Wildman–Crippen MR) is 74.8 cm³/mol. The minimum Gasteiger partial charge on any atom is -0.389 e. The Balaban J connectivity index is 1.69. The molecule has 4 nitrogen and oxygen atoms in total. The van der Waals surface area contributed by atoms with Gasteiger partial charge >= 0.3 is 0 Å². The molecular formula is C15H25N3O. The van der Waals surface area contributed by atoms with Crippen molar-refractivity contribution in [3.8, 4) is 0 Å². The van der Waals surface area contributed by atoms with Gasteiger partial charge in [-0.05, 0) is 32.2 Å². The number of rotatable bonds is 3. The molecule has 2 heterocycles. The molecule has 1 saturated carbocycles. The summed E-state index contributed by atoms with van der Waals surface area (Å²) in [6.07, 6.45) is 12.1. The highest BCUT2D eigenvalue weighted by Crippen LogP contribution is 2.36. The molecule has 1 aliphatic heterocycles. The van der Waals surface area contributed by atoms with E-state index in [9.17, 15) is 5.11 Å². The minimum atomic E-state index is -0.441. The summed E-state index contributed by atoms with van der Waals surface area (Å²) in [6.45, 7) is 1.95. The highest BCUT2D eigenvalue weighted by atomic mass is 16.3. The summed E-state index contributed by atoms with van der Waals surface area (Å²) in [5, 5.41) is 15.0. The van der Waals surface area contributed by atoms with Gasteiger partial charge in [0, 0.05) is 31.4 Å². The Bertz CT molecular complexity index is 423. The molecule has 4 heteroatoms. The summed E-state index contributed by atoms with van der Waals surface area (Å²) in [6, 6.07) is 0.458. The Labute approximate surface area is 115 Å². The van der Waals surface area contributed by atoms with Gasteiger partial charge in [-0.15, -0.1) is 0 Å². The van der Waals surface area contributed by atoms with Crippen molar-refractivity contribution in [2.75, 3.05) is 13.1 Å². The average molecular weight is 263 g/mol. The predicted octanol–water partition coefficient (Wildman–Crippen LogP) is 2.25. The van der Waals surface area contributed by atoms with Gasteiger partial charge in [0.15, 0.2) is 0 Å². The van der Waals surface area contributed by atoms with Crippen molar-refractivity contribution >= 4 is 0 Å². The Morgan fingerprint density at radius 1 is 1.32 bits per heavy atom. The number of likely N-dealkylation sites (tertiary alicyclic amines) is 1. The fourth-order valence-electron chi connectivity index (χ4n) is 3.75. The molecule has 1 N–H and O–H groups in total. The number of aliphatic hydroxyl groups is 1. The topological polar surface area (TPSA) is 41.3 Å². The first-order valence-corrected chi connectivity index (χ1v) is 7.61. The lowest BCUT2D eigenvalue weighted by atomic mass is 9.84. The number of nitrogens with zero attached hydrogens (tertiary/aromatic N) is 3.